The molecule has 0 heterocycles. The average molecular weight is 215 g/mol. The third-order valence-corrected chi connectivity index (χ3v) is 2.78. The molecule has 1 saturated carbocycles. The molecule has 0 aromatic heterocycles. The molecule has 0 unspecified atom stereocenters. The minimum Gasteiger partial charge on any atom is -0.384 e. The van der Waals surface area contributed by atoms with E-state index in [1.54, 1.807) is 6.92 Å². The maximum absolute atomic E-state index is 10.2. The van der Waals surface area contributed by atoms with Crippen molar-refractivity contribution < 1.29 is 5.11 Å². The normalized spacial score (nSPS) is 21.7. The highest BCUT2D eigenvalue weighted by molar-refractivity contribution is 7.80. The smallest absolute Gasteiger partial charge is 0.184 e. The van der Waals surface area contributed by atoms with E-state index >= 15 is 0 Å². The second-order valence-electron chi connectivity index (χ2n) is 3.77. The van der Waals surface area contributed by atoms with Crippen molar-refractivity contribution in [3.8, 4) is 0 Å². The lowest BCUT2D eigenvalue weighted by molar-refractivity contribution is 0.0699. The van der Waals surface area contributed by atoms with Gasteiger partial charge >= 0.3 is 0 Å². The van der Waals surface area contributed by atoms with Crippen LogP contribution in [0.2, 0.25) is 0 Å². The van der Waals surface area contributed by atoms with Crippen molar-refractivity contribution in [3.05, 3.63) is 0 Å². The van der Waals surface area contributed by atoms with Crippen LogP contribution < -0.4 is 11.2 Å². The lowest BCUT2D eigenvalue weighted by Crippen LogP contribution is -2.40. The average Bonchev–Trinajstić information content (AvgIpc) is 2.15. The first kappa shape index (κ1) is 11.4. The summed E-state index contributed by atoms with van der Waals surface area (Å²) in [7, 11) is 0. The lowest BCUT2D eigenvalue weighted by Gasteiger charge is -2.31. The number of aliphatic hydroxyl groups is 1. The molecule has 14 heavy (non-hydrogen) atoms. The fourth-order valence-corrected chi connectivity index (χ4v) is 1.79. The molecule has 1 rings (SSSR count). The number of hydrogen-bond acceptors (Lipinski definition) is 3. The van der Waals surface area contributed by atoms with Crippen LogP contribution in [-0.4, -0.2) is 21.5 Å². The standard InChI is InChI=1S/C9H17N3OS/c1-7(11-12-8(10)14)9(13)5-3-2-4-6-9/h13H,2-6H2,1H3,(H3,10,12,14)/b11-7+. The first-order valence-corrected chi connectivity index (χ1v) is 5.28. The number of nitrogens with zero attached hydrogens (tertiary/aromatic N) is 1. The molecule has 0 bridgehead atoms. The Bertz CT molecular complexity index is 246. The van der Waals surface area contributed by atoms with Crippen molar-refractivity contribution in [3.63, 3.8) is 0 Å². The first-order valence-electron chi connectivity index (χ1n) is 4.87. The molecule has 0 aromatic carbocycles. The van der Waals surface area contributed by atoms with E-state index in [0.717, 1.165) is 25.7 Å². The Morgan fingerprint density at radius 3 is 2.50 bits per heavy atom. The summed E-state index contributed by atoms with van der Waals surface area (Å²) in [4.78, 5) is 0. The number of hydrazone groups is 1. The van der Waals surface area contributed by atoms with Gasteiger partial charge in [-0.2, -0.15) is 5.10 Å². The van der Waals surface area contributed by atoms with Crippen LogP contribution in [0.15, 0.2) is 5.10 Å². The van der Waals surface area contributed by atoms with E-state index < -0.39 is 5.60 Å². The number of hydrogen-bond donors (Lipinski definition) is 3. The van der Waals surface area contributed by atoms with Gasteiger partial charge in [0.15, 0.2) is 5.11 Å². The van der Waals surface area contributed by atoms with E-state index in [0.29, 0.717) is 5.71 Å². The molecule has 0 amide bonds. The molecule has 1 fully saturated rings. The van der Waals surface area contributed by atoms with Crippen LogP contribution in [0.4, 0.5) is 0 Å². The highest BCUT2D eigenvalue weighted by atomic mass is 32.1. The Morgan fingerprint density at radius 1 is 1.43 bits per heavy atom. The highest BCUT2D eigenvalue weighted by Crippen LogP contribution is 2.29. The minimum atomic E-state index is -0.754. The monoisotopic (exact) mass is 215 g/mol. The van der Waals surface area contributed by atoms with E-state index in [2.05, 4.69) is 22.7 Å². The van der Waals surface area contributed by atoms with E-state index in [-0.39, 0.29) is 5.11 Å². The van der Waals surface area contributed by atoms with Crippen molar-refractivity contribution in [2.75, 3.05) is 0 Å². The van der Waals surface area contributed by atoms with Crippen molar-refractivity contribution in [2.24, 2.45) is 10.8 Å². The van der Waals surface area contributed by atoms with Gasteiger partial charge in [0.25, 0.3) is 0 Å². The molecule has 0 atom stereocenters. The van der Waals surface area contributed by atoms with Gasteiger partial charge in [0.05, 0.1) is 5.71 Å². The van der Waals surface area contributed by atoms with Gasteiger partial charge in [0, 0.05) is 0 Å². The quantitative estimate of drug-likeness (QED) is 0.363. The third kappa shape index (κ3) is 2.92. The van der Waals surface area contributed by atoms with Gasteiger partial charge in [-0.05, 0) is 32.0 Å². The van der Waals surface area contributed by atoms with Gasteiger partial charge in [0.1, 0.15) is 5.60 Å². The molecule has 0 aromatic rings. The fraction of sp³-hybridized carbons (Fsp3) is 0.778. The topological polar surface area (TPSA) is 70.6 Å². The molecule has 5 heteroatoms. The zero-order valence-electron chi connectivity index (χ0n) is 8.42. The van der Waals surface area contributed by atoms with E-state index in [1.807, 2.05) is 0 Å². The van der Waals surface area contributed by atoms with Gasteiger partial charge in [-0.3, -0.25) is 5.43 Å². The van der Waals surface area contributed by atoms with Gasteiger partial charge in [0.2, 0.25) is 0 Å². The number of nitrogens with two attached hydrogens (primary N) is 1. The second-order valence-corrected chi connectivity index (χ2v) is 4.21. The van der Waals surface area contributed by atoms with Crippen LogP contribution in [0.5, 0.6) is 0 Å². The number of thiocarbonyl (C=S) groups is 1. The number of rotatable bonds is 2. The Labute approximate surface area is 89.6 Å². The maximum atomic E-state index is 10.2. The summed E-state index contributed by atoms with van der Waals surface area (Å²) in [6.07, 6.45) is 4.86. The van der Waals surface area contributed by atoms with Crippen molar-refractivity contribution in [1.82, 2.24) is 5.43 Å². The molecule has 4 nitrogen and oxygen atoms in total. The van der Waals surface area contributed by atoms with Crippen LogP contribution in [-0.2, 0) is 0 Å². The molecular weight excluding hydrogens is 198 g/mol. The Morgan fingerprint density at radius 2 is 2.00 bits per heavy atom. The van der Waals surface area contributed by atoms with Crippen LogP contribution in [0.3, 0.4) is 0 Å². The largest absolute Gasteiger partial charge is 0.384 e. The molecule has 1 aliphatic rings. The molecule has 0 saturated heterocycles. The summed E-state index contributed by atoms with van der Waals surface area (Å²) >= 11 is 4.63. The molecule has 4 N–H and O–H groups in total. The van der Waals surface area contributed by atoms with Crippen LogP contribution in [0, 0.1) is 0 Å². The Balaban J connectivity index is 2.60. The summed E-state index contributed by atoms with van der Waals surface area (Å²) < 4.78 is 0. The molecule has 0 spiro atoms. The van der Waals surface area contributed by atoms with E-state index in [4.69, 9.17) is 5.73 Å². The van der Waals surface area contributed by atoms with E-state index in [1.165, 1.54) is 6.42 Å². The molecule has 80 valence electrons. The number of nitrogens with one attached hydrogen (secondary N) is 1. The third-order valence-electron chi connectivity index (χ3n) is 2.69. The minimum absolute atomic E-state index is 0.128. The van der Waals surface area contributed by atoms with Gasteiger partial charge in [-0.15, -0.1) is 0 Å². The van der Waals surface area contributed by atoms with Gasteiger partial charge in [-0.1, -0.05) is 19.3 Å². The summed E-state index contributed by atoms with van der Waals surface area (Å²) in [5, 5.41) is 14.3. The zero-order chi connectivity index (χ0) is 10.6. The highest BCUT2D eigenvalue weighted by Gasteiger charge is 2.32. The zero-order valence-corrected chi connectivity index (χ0v) is 9.23. The Kier molecular flexibility index (Phi) is 3.83. The summed E-state index contributed by atoms with van der Waals surface area (Å²) in [5.74, 6) is 0. The summed E-state index contributed by atoms with van der Waals surface area (Å²) in [6, 6.07) is 0. The summed E-state index contributed by atoms with van der Waals surface area (Å²) in [5.41, 5.74) is 7.67. The molecule has 0 aliphatic heterocycles. The molecule has 1 aliphatic carbocycles. The first-order chi connectivity index (χ1) is 6.54. The SMILES string of the molecule is C/C(=N\NC(N)=S)C1(O)CCCCC1. The van der Waals surface area contributed by atoms with Crippen LogP contribution in [0.1, 0.15) is 39.0 Å². The Hall–Kier alpha value is -0.680. The summed E-state index contributed by atoms with van der Waals surface area (Å²) in [6.45, 7) is 1.80. The van der Waals surface area contributed by atoms with Crippen LogP contribution in [0.25, 0.3) is 0 Å². The van der Waals surface area contributed by atoms with E-state index in [9.17, 15) is 5.11 Å². The molecular formula is C9H17N3OS. The predicted molar refractivity (Wildman–Crippen MR) is 61.1 cm³/mol. The van der Waals surface area contributed by atoms with Crippen molar-refractivity contribution in [2.45, 2.75) is 44.6 Å². The van der Waals surface area contributed by atoms with Crippen LogP contribution >= 0.6 is 12.2 Å². The fourth-order valence-electron chi connectivity index (χ4n) is 1.74. The predicted octanol–water partition coefficient (Wildman–Crippen LogP) is 0.891. The second kappa shape index (κ2) is 4.70. The van der Waals surface area contributed by atoms with Gasteiger partial charge in [-0.25, -0.2) is 0 Å². The maximum Gasteiger partial charge on any atom is 0.184 e. The van der Waals surface area contributed by atoms with Crippen molar-refractivity contribution >= 4 is 23.0 Å². The van der Waals surface area contributed by atoms with Crippen molar-refractivity contribution in [1.29, 1.82) is 0 Å². The van der Waals surface area contributed by atoms with Gasteiger partial charge < -0.3 is 10.8 Å². The molecule has 0 radical (unpaired) electrons. The lowest BCUT2D eigenvalue weighted by atomic mass is 9.82.